The van der Waals surface area contributed by atoms with Gasteiger partial charge in [-0.1, -0.05) is 59.7 Å². The topological polar surface area (TPSA) is 102 Å². The number of aromatic nitrogens is 2. The van der Waals surface area contributed by atoms with Gasteiger partial charge in [0, 0.05) is 21.7 Å². The summed E-state index contributed by atoms with van der Waals surface area (Å²) in [6, 6.07) is 11.8. The third-order valence-electron chi connectivity index (χ3n) is 5.14. The van der Waals surface area contributed by atoms with Crippen LogP contribution in [0.15, 0.2) is 46.9 Å². The third kappa shape index (κ3) is 6.29. The molecule has 3 aromatic rings. The maximum absolute atomic E-state index is 13.1. The van der Waals surface area contributed by atoms with Gasteiger partial charge in [0.1, 0.15) is 22.5 Å². The summed E-state index contributed by atoms with van der Waals surface area (Å²) >= 11 is 4.67. The molecule has 33 heavy (non-hydrogen) atoms. The summed E-state index contributed by atoms with van der Waals surface area (Å²) in [6.07, 6.45) is 0.695. The van der Waals surface area contributed by atoms with Gasteiger partial charge in [-0.2, -0.15) is 0 Å². The van der Waals surface area contributed by atoms with Crippen molar-refractivity contribution in [3.05, 3.63) is 52.5 Å². The van der Waals surface area contributed by atoms with E-state index in [9.17, 15) is 9.59 Å². The van der Waals surface area contributed by atoms with Crippen LogP contribution < -0.4 is 20.1 Å². The number of carbonyl (C=O) groups is 2. The molecular formula is C23H25BrN4O4S. The summed E-state index contributed by atoms with van der Waals surface area (Å²) in [7, 11) is 3.02. The molecule has 10 heteroatoms. The Bertz CT molecular complexity index is 1100. The van der Waals surface area contributed by atoms with Crippen LogP contribution >= 0.6 is 27.3 Å². The van der Waals surface area contributed by atoms with Crippen molar-refractivity contribution in [1.29, 1.82) is 0 Å². The number of ether oxygens (including phenoxy) is 2. The van der Waals surface area contributed by atoms with Crippen LogP contribution in [0.1, 0.15) is 30.6 Å². The maximum atomic E-state index is 13.1. The lowest BCUT2D eigenvalue weighted by Gasteiger charge is -2.23. The summed E-state index contributed by atoms with van der Waals surface area (Å²) < 4.78 is 11.4. The lowest BCUT2D eigenvalue weighted by molar-refractivity contribution is -0.119. The lowest BCUT2D eigenvalue weighted by Crippen LogP contribution is -2.47. The monoisotopic (exact) mass is 532 g/mol. The molecule has 0 bridgehead atoms. The van der Waals surface area contributed by atoms with E-state index in [0.29, 0.717) is 33.6 Å². The first-order valence-corrected chi connectivity index (χ1v) is 11.9. The Hall–Kier alpha value is -2.98. The van der Waals surface area contributed by atoms with Gasteiger partial charge in [0.05, 0.1) is 14.2 Å². The molecule has 0 aliphatic heterocycles. The molecule has 0 radical (unpaired) electrons. The van der Waals surface area contributed by atoms with E-state index in [-0.39, 0.29) is 11.8 Å². The van der Waals surface area contributed by atoms with Crippen LogP contribution in [0.25, 0.3) is 10.6 Å². The van der Waals surface area contributed by atoms with Gasteiger partial charge in [0.25, 0.3) is 5.91 Å². The van der Waals surface area contributed by atoms with Gasteiger partial charge in [-0.15, -0.1) is 10.2 Å². The van der Waals surface area contributed by atoms with E-state index in [1.165, 1.54) is 25.6 Å². The fourth-order valence-corrected chi connectivity index (χ4v) is 4.05. The van der Waals surface area contributed by atoms with Gasteiger partial charge in [-0.3, -0.25) is 14.9 Å². The molecule has 0 aliphatic carbocycles. The highest BCUT2D eigenvalue weighted by molar-refractivity contribution is 9.10. The van der Waals surface area contributed by atoms with Crippen LogP contribution in [-0.4, -0.2) is 42.3 Å². The highest BCUT2D eigenvalue weighted by Gasteiger charge is 2.27. The molecule has 8 nitrogen and oxygen atoms in total. The van der Waals surface area contributed by atoms with E-state index in [2.05, 4.69) is 36.8 Å². The van der Waals surface area contributed by atoms with Crippen molar-refractivity contribution in [2.45, 2.75) is 26.3 Å². The average molecular weight is 533 g/mol. The standard InChI is InChI=1S/C23H25BrN4O4S/c1-5-13(2)19(25-20(29)15-10-17(31-3)12-18(11-15)32-4)21(30)26-23-28-27-22(33-23)14-6-8-16(24)9-7-14/h6-13,19H,5H2,1-4H3,(H,25,29)(H,26,28,30)/t13-,19+/m1/s1. The van der Waals surface area contributed by atoms with Crippen molar-refractivity contribution >= 4 is 44.2 Å². The first-order chi connectivity index (χ1) is 15.8. The Morgan fingerprint density at radius 2 is 1.70 bits per heavy atom. The minimum absolute atomic E-state index is 0.111. The van der Waals surface area contributed by atoms with Gasteiger partial charge in [-0.25, -0.2) is 0 Å². The van der Waals surface area contributed by atoms with E-state index in [0.717, 1.165) is 10.0 Å². The molecular weight excluding hydrogens is 508 g/mol. The Morgan fingerprint density at radius 1 is 1.06 bits per heavy atom. The average Bonchev–Trinajstić information content (AvgIpc) is 3.30. The molecule has 1 aromatic heterocycles. The van der Waals surface area contributed by atoms with E-state index in [1.807, 2.05) is 38.1 Å². The van der Waals surface area contributed by atoms with Crippen LogP contribution in [0.4, 0.5) is 5.13 Å². The molecule has 0 fully saturated rings. The number of rotatable bonds is 9. The van der Waals surface area contributed by atoms with Crippen molar-refractivity contribution in [3.63, 3.8) is 0 Å². The maximum Gasteiger partial charge on any atom is 0.252 e. The summed E-state index contributed by atoms with van der Waals surface area (Å²) in [4.78, 5) is 26.0. The van der Waals surface area contributed by atoms with Gasteiger partial charge in [0.2, 0.25) is 11.0 Å². The number of benzene rings is 2. The quantitative estimate of drug-likeness (QED) is 0.411. The van der Waals surface area contributed by atoms with Crippen molar-refractivity contribution < 1.29 is 19.1 Å². The number of methoxy groups -OCH3 is 2. The number of amides is 2. The number of carbonyl (C=O) groups excluding carboxylic acids is 2. The third-order valence-corrected chi connectivity index (χ3v) is 6.56. The summed E-state index contributed by atoms with van der Waals surface area (Å²) in [5.41, 5.74) is 1.23. The molecule has 0 saturated carbocycles. The Balaban J connectivity index is 1.76. The molecule has 0 aliphatic rings. The predicted octanol–water partition coefficient (Wildman–Crippen LogP) is 4.77. The highest BCUT2D eigenvalue weighted by atomic mass is 79.9. The van der Waals surface area contributed by atoms with Crippen molar-refractivity contribution in [2.24, 2.45) is 5.92 Å². The summed E-state index contributed by atoms with van der Waals surface area (Å²) in [5, 5.41) is 14.9. The van der Waals surface area contributed by atoms with E-state index >= 15 is 0 Å². The molecule has 0 spiro atoms. The van der Waals surface area contributed by atoms with E-state index < -0.39 is 11.9 Å². The van der Waals surface area contributed by atoms with E-state index in [1.54, 1.807) is 18.2 Å². The van der Waals surface area contributed by atoms with Gasteiger partial charge >= 0.3 is 0 Å². The summed E-state index contributed by atoms with van der Waals surface area (Å²) in [6.45, 7) is 3.87. The van der Waals surface area contributed by atoms with E-state index in [4.69, 9.17) is 9.47 Å². The van der Waals surface area contributed by atoms with Crippen molar-refractivity contribution in [1.82, 2.24) is 15.5 Å². The van der Waals surface area contributed by atoms with Gasteiger partial charge in [0.15, 0.2) is 0 Å². The van der Waals surface area contributed by atoms with Crippen LogP contribution in [0, 0.1) is 5.92 Å². The number of hydrogen-bond donors (Lipinski definition) is 2. The Kier molecular flexibility index (Phi) is 8.40. The summed E-state index contributed by atoms with van der Waals surface area (Å²) in [5.74, 6) is 0.101. The zero-order chi connectivity index (χ0) is 24.0. The fourth-order valence-electron chi connectivity index (χ4n) is 3.03. The fraction of sp³-hybridized carbons (Fsp3) is 0.304. The molecule has 0 unspecified atom stereocenters. The van der Waals surface area contributed by atoms with Gasteiger partial charge < -0.3 is 14.8 Å². The minimum atomic E-state index is -0.764. The van der Waals surface area contributed by atoms with Crippen molar-refractivity contribution in [3.8, 4) is 22.1 Å². The zero-order valence-electron chi connectivity index (χ0n) is 18.7. The molecule has 2 amide bonds. The van der Waals surface area contributed by atoms with Crippen LogP contribution in [0.3, 0.4) is 0 Å². The number of anilines is 1. The molecule has 3 rings (SSSR count). The second-order valence-electron chi connectivity index (χ2n) is 7.35. The second-order valence-corrected chi connectivity index (χ2v) is 9.24. The van der Waals surface area contributed by atoms with Crippen molar-refractivity contribution in [2.75, 3.05) is 19.5 Å². The number of nitrogens with one attached hydrogen (secondary N) is 2. The zero-order valence-corrected chi connectivity index (χ0v) is 21.1. The van der Waals surface area contributed by atoms with Gasteiger partial charge in [-0.05, 0) is 30.2 Å². The predicted molar refractivity (Wildman–Crippen MR) is 132 cm³/mol. The molecule has 2 N–H and O–H groups in total. The molecule has 0 saturated heterocycles. The smallest absolute Gasteiger partial charge is 0.252 e. The first-order valence-electron chi connectivity index (χ1n) is 10.3. The van der Waals surface area contributed by atoms with Crippen LogP contribution in [0.5, 0.6) is 11.5 Å². The minimum Gasteiger partial charge on any atom is -0.497 e. The Morgan fingerprint density at radius 3 is 2.27 bits per heavy atom. The molecule has 2 atom stereocenters. The van der Waals surface area contributed by atoms with Crippen LogP contribution in [-0.2, 0) is 4.79 Å². The number of hydrogen-bond acceptors (Lipinski definition) is 7. The number of halogens is 1. The SMILES string of the molecule is CC[C@@H](C)[C@H](NC(=O)c1cc(OC)cc(OC)c1)C(=O)Nc1nnc(-c2ccc(Br)cc2)s1. The first kappa shape index (κ1) is 24.7. The Labute approximate surface area is 204 Å². The highest BCUT2D eigenvalue weighted by Crippen LogP contribution is 2.28. The second kappa shape index (κ2) is 11.2. The molecule has 1 heterocycles. The number of nitrogens with zero attached hydrogens (tertiary/aromatic N) is 2. The molecule has 174 valence electrons. The normalized spacial score (nSPS) is 12.5. The van der Waals surface area contributed by atoms with Crippen LogP contribution in [0.2, 0.25) is 0 Å². The lowest BCUT2D eigenvalue weighted by atomic mass is 9.98. The largest absolute Gasteiger partial charge is 0.497 e. The molecule has 2 aromatic carbocycles.